The van der Waals surface area contributed by atoms with Gasteiger partial charge in [0, 0.05) is 17.6 Å². The van der Waals surface area contributed by atoms with Crippen LogP contribution in [0.4, 0.5) is 8.78 Å². The van der Waals surface area contributed by atoms with Gasteiger partial charge in [0.1, 0.15) is 11.6 Å². The van der Waals surface area contributed by atoms with E-state index in [9.17, 15) is 13.6 Å². The molecule has 7 heteroatoms. The Labute approximate surface area is 155 Å². The summed E-state index contributed by atoms with van der Waals surface area (Å²) in [5, 5.41) is 5.95. The first-order valence-corrected chi connectivity index (χ1v) is 8.52. The van der Waals surface area contributed by atoms with E-state index < -0.39 is 5.82 Å². The maximum absolute atomic E-state index is 13.6. The molecule has 1 atom stereocenters. The summed E-state index contributed by atoms with van der Waals surface area (Å²) in [6, 6.07) is 8.68. The van der Waals surface area contributed by atoms with E-state index in [0.717, 1.165) is 0 Å². The van der Waals surface area contributed by atoms with Gasteiger partial charge in [0.2, 0.25) is 5.91 Å². The van der Waals surface area contributed by atoms with Gasteiger partial charge in [0.25, 0.3) is 0 Å². The second kappa shape index (κ2) is 9.13. The van der Waals surface area contributed by atoms with Crippen LogP contribution in [0.5, 0.6) is 0 Å². The quantitative estimate of drug-likeness (QED) is 0.697. The van der Waals surface area contributed by atoms with Crippen molar-refractivity contribution in [1.29, 1.82) is 0 Å². The van der Waals surface area contributed by atoms with Crippen LogP contribution in [0.3, 0.4) is 0 Å². The summed E-state index contributed by atoms with van der Waals surface area (Å²) in [7, 11) is 0. The fourth-order valence-electron chi connectivity index (χ4n) is 2.33. The Kier molecular flexibility index (Phi) is 7.17. The molecule has 0 heterocycles. The fourth-order valence-corrected chi connectivity index (χ4v) is 2.87. The molecule has 0 unspecified atom stereocenters. The Balaban J connectivity index is 1.80. The summed E-state index contributed by atoms with van der Waals surface area (Å²) in [6.07, 6.45) is 0.405. The zero-order chi connectivity index (χ0) is 18.4. The van der Waals surface area contributed by atoms with Crippen molar-refractivity contribution in [1.82, 2.24) is 10.6 Å². The van der Waals surface area contributed by atoms with Gasteiger partial charge in [-0.1, -0.05) is 41.4 Å². The molecule has 2 aromatic rings. The third-order valence-electron chi connectivity index (χ3n) is 3.75. The molecule has 0 aliphatic rings. The summed E-state index contributed by atoms with van der Waals surface area (Å²) >= 11 is 11.7. The van der Waals surface area contributed by atoms with Crippen LogP contribution in [0.25, 0.3) is 0 Å². The van der Waals surface area contributed by atoms with E-state index in [4.69, 9.17) is 23.2 Å². The first-order chi connectivity index (χ1) is 11.9. The Hall–Kier alpha value is -1.69. The predicted molar refractivity (Wildman–Crippen MR) is 96.0 cm³/mol. The fraction of sp³-hybridized carbons (Fsp3) is 0.278. The highest BCUT2D eigenvalue weighted by atomic mass is 35.5. The highest BCUT2D eigenvalue weighted by Crippen LogP contribution is 2.28. The number of benzene rings is 2. The lowest BCUT2D eigenvalue weighted by atomic mass is 10.1. The molecule has 134 valence electrons. The largest absolute Gasteiger partial charge is 0.355 e. The molecular weight excluding hydrogens is 369 g/mol. The van der Waals surface area contributed by atoms with Crippen molar-refractivity contribution < 1.29 is 13.6 Å². The third-order valence-corrected chi connectivity index (χ3v) is 4.37. The van der Waals surface area contributed by atoms with Crippen LogP contribution in [0.15, 0.2) is 36.4 Å². The van der Waals surface area contributed by atoms with Gasteiger partial charge in [-0.05, 0) is 42.7 Å². The van der Waals surface area contributed by atoms with E-state index in [2.05, 4.69) is 10.6 Å². The summed E-state index contributed by atoms with van der Waals surface area (Å²) in [4.78, 5) is 11.9. The van der Waals surface area contributed by atoms with Crippen molar-refractivity contribution in [3.8, 4) is 0 Å². The van der Waals surface area contributed by atoms with Crippen molar-refractivity contribution in [3.63, 3.8) is 0 Å². The summed E-state index contributed by atoms with van der Waals surface area (Å²) in [6.45, 7) is 2.12. The molecule has 0 spiro atoms. The molecule has 0 saturated heterocycles. The van der Waals surface area contributed by atoms with E-state index in [-0.39, 0.29) is 29.3 Å². The van der Waals surface area contributed by atoms with Crippen molar-refractivity contribution in [2.75, 3.05) is 13.1 Å². The van der Waals surface area contributed by atoms with Crippen molar-refractivity contribution in [3.05, 3.63) is 69.2 Å². The molecule has 0 saturated carbocycles. The maximum atomic E-state index is 13.6. The lowest BCUT2D eigenvalue weighted by Crippen LogP contribution is -2.36. The standard InChI is InChI=1S/C18H18Cl2F2N2O/c1-11(13-8-17(22)15(20)9-14(13)19)24-10-18(25)23-7-6-12-4-2-3-5-16(12)21/h2-5,8-9,11,24H,6-7,10H2,1H3,(H,23,25)/t11-/m0/s1. The Morgan fingerprint density at radius 1 is 1.12 bits per heavy atom. The molecule has 3 nitrogen and oxygen atoms in total. The smallest absolute Gasteiger partial charge is 0.233 e. The van der Waals surface area contributed by atoms with Crippen LogP contribution >= 0.6 is 23.2 Å². The molecule has 0 aliphatic heterocycles. The summed E-state index contributed by atoms with van der Waals surface area (Å²) in [5.74, 6) is -1.10. The van der Waals surface area contributed by atoms with E-state index in [1.807, 2.05) is 0 Å². The minimum absolute atomic E-state index is 0.0268. The first-order valence-electron chi connectivity index (χ1n) is 7.76. The molecular formula is C18H18Cl2F2N2O. The van der Waals surface area contributed by atoms with Gasteiger partial charge in [0.15, 0.2) is 0 Å². The minimum Gasteiger partial charge on any atom is -0.355 e. The van der Waals surface area contributed by atoms with Gasteiger partial charge >= 0.3 is 0 Å². The van der Waals surface area contributed by atoms with Crippen LogP contribution in [0.1, 0.15) is 24.1 Å². The zero-order valence-electron chi connectivity index (χ0n) is 13.6. The molecule has 0 radical (unpaired) electrons. The second-order valence-electron chi connectivity index (χ2n) is 5.58. The number of halogens is 4. The Morgan fingerprint density at radius 3 is 2.56 bits per heavy atom. The topological polar surface area (TPSA) is 41.1 Å². The molecule has 0 fully saturated rings. The van der Waals surface area contributed by atoms with Gasteiger partial charge in [-0.25, -0.2) is 8.78 Å². The number of carbonyl (C=O) groups is 1. The normalized spacial score (nSPS) is 12.0. The van der Waals surface area contributed by atoms with Gasteiger partial charge in [0.05, 0.1) is 11.6 Å². The lowest BCUT2D eigenvalue weighted by molar-refractivity contribution is -0.120. The van der Waals surface area contributed by atoms with E-state index in [1.165, 1.54) is 18.2 Å². The number of hydrogen-bond acceptors (Lipinski definition) is 2. The zero-order valence-corrected chi connectivity index (χ0v) is 15.1. The van der Waals surface area contributed by atoms with Crippen molar-refractivity contribution >= 4 is 29.1 Å². The maximum Gasteiger partial charge on any atom is 0.233 e. The van der Waals surface area contributed by atoms with Gasteiger partial charge in [-0.3, -0.25) is 4.79 Å². The lowest BCUT2D eigenvalue weighted by Gasteiger charge is -2.16. The molecule has 0 bridgehead atoms. The Bertz CT molecular complexity index is 756. The molecule has 2 rings (SSSR count). The second-order valence-corrected chi connectivity index (χ2v) is 6.40. The highest BCUT2D eigenvalue weighted by Gasteiger charge is 2.14. The summed E-state index contributed by atoms with van der Waals surface area (Å²) in [5.41, 5.74) is 1.07. The minimum atomic E-state index is -0.566. The number of nitrogens with one attached hydrogen (secondary N) is 2. The van der Waals surface area contributed by atoms with Crippen LogP contribution in [-0.2, 0) is 11.2 Å². The van der Waals surface area contributed by atoms with Gasteiger partial charge in [-0.15, -0.1) is 0 Å². The number of rotatable bonds is 7. The first kappa shape index (κ1) is 19.6. The number of amides is 1. The van der Waals surface area contributed by atoms with E-state index in [1.54, 1.807) is 25.1 Å². The predicted octanol–water partition coefficient (Wildman–Crippen LogP) is 4.28. The molecule has 1 amide bonds. The van der Waals surface area contributed by atoms with Crippen molar-refractivity contribution in [2.24, 2.45) is 0 Å². The van der Waals surface area contributed by atoms with Gasteiger partial charge in [-0.2, -0.15) is 0 Å². The van der Waals surface area contributed by atoms with Crippen LogP contribution in [0.2, 0.25) is 10.0 Å². The molecule has 2 aromatic carbocycles. The van der Waals surface area contributed by atoms with Crippen LogP contribution < -0.4 is 10.6 Å². The van der Waals surface area contributed by atoms with Gasteiger partial charge < -0.3 is 10.6 Å². The average Bonchev–Trinajstić information content (AvgIpc) is 2.57. The molecule has 2 N–H and O–H groups in total. The van der Waals surface area contributed by atoms with E-state index in [0.29, 0.717) is 29.1 Å². The molecule has 0 aromatic heterocycles. The monoisotopic (exact) mass is 386 g/mol. The third kappa shape index (κ3) is 5.66. The van der Waals surface area contributed by atoms with E-state index >= 15 is 0 Å². The van der Waals surface area contributed by atoms with Crippen molar-refractivity contribution in [2.45, 2.75) is 19.4 Å². The number of carbonyl (C=O) groups excluding carboxylic acids is 1. The Morgan fingerprint density at radius 2 is 1.84 bits per heavy atom. The summed E-state index contributed by atoms with van der Waals surface area (Å²) < 4.78 is 27.0. The SMILES string of the molecule is C[C@H](NCC(=O)NCCc1ccccc1F)c1cc(F)c(Cl)cc1Cl. The average molecular weight is 387 g/mol. The van der Waals surface area contributed by atoms with Crippen LogP contribution in [-0.4, -0.2) is 19.0 Å². The molecule has 0 aliphatic carbocycles. The molecule has 25 heavy (non-hydrogen) atoms. The highest BCUT2D eigenvalue weighted by molar-refractivity contribution is 6.35. The number of hydrogen-bond donors (Lipinski definition) is 2. The van der Waals surface area contributed by atoms with Crippen LogP contribution in [0, 0.1) is 11.6 Å².